The lowest BCUT2D eigenvalue weighted by Crippen LogP contribution is -2.28. The standard InChI is InChI=1S/C26H30FN5O2/c1-16-11-19(27)22(14-23(16)33)29-21-7-8-28-26-25(21)24(34)13-18-12-17(5-6-20(18)30-26)15-32(4)10-9-31(2)3/h5-8,11-12,14,33H,9-10,13,15H2,1-4H3,(H2,28,29,30). The van der Waals surface area contributed by atoms with Crippen molar-refractivity contribution in [3.05, 3.63) is 70.7 Å². The Labute approximate surface area is 199 Å². The minimum Gasteiger partial charge on any atom is -0.508 e. The lowest BCUT2D eigenvalue weighted by Gasteiger charge is -2.20. The second-order valence-electron chi connectivity index (χ2n) is 9.08. The number of halogens is 1. The van der Waals surface area contributed by atoms with Crippen molar-refractivity contribution < 1.29 is 14.3 Å². The van der Waals surface area contributed by atoms with Gasteiger partial charge in [0.15, 0.2) is 5.78 Å². The first-order valence-electron chi connectivity index (χ1n) is 11.2. The summed E-state index contributed by atoms with van der Waals surface area (Å²) < 4.78 is 14.5. The number of nitrogens with one attached hydrogen (secondary N) is 2. The van der Waals surface area contributed by atoms with Gasteiger partial charge in [0.1, 0.15) is 17.4 Å². The summed E-state index contributed by atoms with van der Waals surface area (Å²) in [4.78, 5) is 22.1. The van der Waals surface area contributed by atoms with Crippen LogP contribution in [0.2, 0.25) is 0 Å². The molecule has 0 unspecified atom stereocenters. The quantitative estimate of drug-likeness (QED) is 0.478. The predicted octanol–water partition coefficient (Wildman–Crippen LogP) is 4.45. The zero-order chi connectivity index (χ0) is 24.4. The Hall–Kier alpha value is -3.49. The SMILES string of the molecule is Cc1cc(F)c(Nc2ccnc3c2C(=O)Cc2cc(CN(C)CCN(C)C)ccc2N3)cc1O. The fourth-order valence-electron chi connectivity index (χ4n) is 4.01. The fraction of sp³-hybridized carbons (Fsp3) is 0.308. The Bertz CT molecular complexity index is 1230. The summed E-state index contributed by atoms with van der Waals surface area (Å²) in [6, 6.07) is 10.3. The summed E-state index contributed by atoms with van der Waals surface area (Å²) in [7, 11) is 6.19. The second kappa shape index (κ2) is 9.79. The number of aromatic hydroxyl groups is 1. The maximum atomic E-state index is 14.5. The van der Waals surface area contributed by atoms with Crippen LogP contribution in [-0.2, 0) is 13.0 Å². The van der Waals surface area contributed by atoms with Gasteiger partial charge < -0.3 is 25.5 Å². The smallest absolute Gasteiger partial charge is 0.173 e. The summed E-state index contributed by atoms with van der Waals surface area (Å²) in [6.07, 6.45) is 1.76. The van der Waals surface area contributed by atoms with Gasteiger partial charge in [0, 0.05) is 44.0 Å². The highest BCUT2D eigenvalue weighted by molar-refractivity contribution is 6.09. The van der Waals surface area contributed by atoms with E-state index in [4.69, 9.17) is 0 Å². The Balaban J connectivity index is 1.59. The molecule has 2 aromatic carbocycles. The largest absolute Gasteiger partial charge is 0.508 e. The number of fused-ring (bicyclic) bond motifs is 2. The monoisotopic (exact) mass is 463 g/mol. The number of pyridine rings is 1. The van der Waals surface area contributed by atoms with E-state index in [-0.39, 0.29) is 23.6 Å². The number of likely N-dealkylation sites (N-methyl/N-ethyl adjacent to an activating group) is 2. The molecule has 1 aromatic heterocycles. The molecule has 7 nitrogen and oxygen atoms in total. The van der Waals surface area contributed by atoms with E-state index in [1.165, 1.54) is 12.1 Å². The van der Waals surface area contributed by atoms with Crippen LogP contribution in [0.3, 0.4) is 0 Å². The van der Waals surface area contributed by atoms with Crippen molar-refractivity contribution in [3.8, 4) is 5.75 Å². The molecule has 1 aliphatic rings. The number of ketones is 1. The molecule has 0 fully saturated rings. The molecule has 178 valence electrons. The molecule has 0 bridgehead atoms. The van der Waals surface area contributed by atoms with Crippen molar-refractivity contribution in [2.24, 2.45) is 0 Å². The number of rotatable bonds is 7. The summed E-state index contributed by atoms with van der Waals surface area (Å²) in [5.74, 6) is -0.238. The highest BCUT2D eigenvalue weighted by Gasteiger charge is 2.24. The third-order valence-corrected chi connectivity index (χ3v) is 5.94. The molecule has 4 rings (SSSR count). The molecule has 2 heterocycles. The van der Waals surface area contributed by atoms with Crippen LogP contribution < -0.4 is 10.6 Å². The van der Waals surface area contributed by atoms with E-state index in [1.54, 1.807) is 19.2 Å². The summed E-state index contributed by atoms with van der Waals surface area (Å²) in [5, 5.41) is 16.2. The van der Waals surface area contributed by atoms with Crippen LogP contribution in [0.1, 0.15) is 27.0 Å². The van der Waals surface area contributed by atoms with Gasteiger partial charge in [0.2, 0.25) is 0 Å². The zero-order valence-electron chi connectivity index (χ0n) is 19.9. The average molecular weight is 464 g/mol. The van der Waals surface area contributed by atoms with Crippen molar-refractivity contribution in [2.45, 2.75) is 19.9 Å². The maximum absolute atomic E-state index is 14.5. The highest BCUT2D eigenvalue weighted by Crippen LogP contribution is 2.35. The van der Waals surface area contributed by atoms with Gasteiger partial charge in [-0.05, 0) is 63.0 Å². The number of carbonyl (C=O) groups is 1. The van der Waals surface area contributed by atoms with Gasteiger partial charge >= 0.3 is 0 Å². The van der Waals surface area contributed by atoms with Crippen LogP contribution in [-0.4, -0.2) is 59.9 Å². The first-order chi connectivity index (χ1) is 16.2. The Morgan fingerprint density at radius 2 is 1.91 bits per heavy atom. The van der Waals surface area contributed by atoms with Gasteiger partial charge in [0.05, 0.1) is 16.9 Å². The molecule has 34 heavy (non-hydrogen) atoms. The van der Waals surface area contributed by atoms with Gasteiger partial charge in [0.25, 0.3) is 0 Å². The average Bonchev–Trinajstić information content (AvgIpc) is 2.92. The number of hydrogen-bond donors (Lipinski definition) is 3. The van der Waals surface area contributed by atoms with Crippen LogP contribution in [0.25, 0.3) is 0 Å². The van der Waals surface area contributed by atoms with Crippen molar-refractivity contribution in [1.29, 1.82) is 0 Å². The number of anilines is 4. The molecule has 0 atom stereocenters. The van der Waals surface area contributed by atoms with Crippen molar-refractivity contribution >= 4 is 28.7 Å². The van der Waals surface area contributed by atoms with E-state index < -0.39 is 5.82 Å². The Morgan fingerprint density at radius 1 is 1.12 bits per heavy atom. The lowest BCUT2D eigenvalue weighted by atomic mass is 10.0. The van der Waals surface area contributed by atoms with E-state index in [0.29, 0.717) is 22.6 Å². The number of phenols is 1. The topological polar surface area (TPSA) is 80.7 Å². The summed E-state index contributed by atoms with van der Waals surface area (Å²) in [6.45, 7) is 4.32. The van der Waals surface area contributed by atoms with Crippen molar-refractivity contribution in [3.63, 3.8) is 0 Å². The van der Waals surface area contributed by atoms with Crippen LogP contribution in [0.15, 0.2) is 42.6 Å². The molecule has 1 aliphatic heterocycles. The fourth-order valence-corrected chi connectivity index (χ4v) is 4.01. The second-order valence-corrected chi connectivity index (χ2v) is 9.08. The van der Waals surface area contributed by atoms with E-state index in [2.05, 4.69) is 58.7 Å². The summed E-state index contributed by atoms with van der Waals surface area (Å²) in [5.41, 5.74) is 4.18. The normalized spacial score (nSPS) is 12.9. The zero-order valence-corrected chi connectivity index (χ0v) is 19.9. The molecule has 0 spiro atoms. The number of carbonyl (C=O) groups excluding carboxylic acids is 1. The van der Waals surface area contributed by atoms with Crippen LogP contribution in [0.4, 0.5) is 27.3 Å². The molecule has 0 saturated carbocycles. The maximum Gasteiger partial charge on any atom is 0.173 e. The van der Waals surface area contributed by atoms with Crippen molar-refractivity contribution in [2.75, 3.05) is 44.9 Å². The van der Waals surface area contributed by atoms with E-state index >= 15 is 0 Å². The third kappa shape index (κ3) is 5.18. The minimum atomic E-state index is -0.513. The van der Waals surface area contributed by atoms with Gasteiger partial charge in [-0.1, -0.05) is 12.1 Å². The first kappa shape index (κ1) is 23.7. The molecular weight excluding hydrogens is 433 g/mol. The summed E-state index contributed by atoms with van der Waals surface area (Å²) >= 11 is 0. The van der Waals surface area contributed by atoms with E-state index in [1.807, 2.05) is 6.07 Å². The number of nitrogens with zero attached hydrogens (tertiary/aromatic N) is 3. The molecule has 0 saturated heterocycles. The highest BCUT2D eigenvalue weighted by atomic mass is 19.1. The number of aryl methyl sites for hydroxylation is 1. The van der Waals surface area contributed by atoms with Gasteiger partial charge in [-0.2, -0.15) is 0 Å². The van der Waals surface area contributed by atoms with Gasteiger partial charge in [-0.3, -0.25) is 4.79 Å². The van der Waals surface area contributed by atoms with Crippen molar-refractivity contribution in [1.82, 2.24) is 14.8 Å². The van der Waals surface area contributed by atoms with Crippen LogP contribution >= 0.6 is 0 Å². The number of benzene rings is 2. The molecule has 0 radical (unpaired) electrons. The van der Waals surface area contributed by atoms with Crippen LogP contribution in [0, 0.1) is 12.7 Å². The van der Waals surface area contributed by atoms with Gasteiger partial charge in [-0.25, -0.2) is 9.37 Å². The third-order valence-electron chi connectivity index (χ3n) is 5.94. The molecule has 0 amide bonds. The molecule has 8 heteroatoms. The van der Waals surface area contributed by atoms with Gasteiger partial charge in [-0.15, -0.1) is 0 Å². The van der Waals surface area contributed by atoms with E-state index in [9.17, 15) is 14.3 Å². The molecule has 0 aliphatic carbocycles. The molecular formula is C26H30FN5O2. The van der Waals surface area contributed by atoms with E-state index in [0.717, 1.165) is 36.4 Å². The Kier molecular flexibility index (Phi) is 6.81. The molecule has 3 N–H and O–H groups in total. The number of aromatic nitrogens is 1. The minimum absolute atomic E-state index is 0.0241. The number of phenolic OH excluding ortho intramolecular Hbond substituents is 1. The number of Topliss-reactive ketones (excluding diaryl/α,β-unsaturated/α-hetero) is 1. The predicted molar refractivity (Wildman–Crippen MR) is 133 cm³/mol. The first-order valence-corrected chi connectivity index (χ1v) is 11.2. The lowest BCUT2D eigenvalue weighted by molar-refractivity contribution is 0.0995. The van der Waals surface area contributed by atoms with Crippen LogP contribution in [0.5, 0.6) is 5.75 Å². The molecule has 3 aromatic rings. The number of hydrogen-bond acceptors (Lipinski definition) is 7. The Morgan fingerprint density at radius 3 is 2.68 bits per heavy atom.